The molecule has 92 valence electrons. The zero-order chi connectivity index (χ0) is 13.4. The van der Waals surface area contributed by atoms with Crippen molar-refractivity contribution in [1.29, 1.82) is 10.7 Å². The molecular weight excluding hydrogens is 302 g/mol. The third-order valence-electron chi connectivity index (χ3n) is 3.24. The molecule has 1 N–H and O–H groups in total. The average molecular weight is 312 g/mol. The summed E-state index contributed by atoms with van der Waals surface area (Å²) in [5.41, 5.74) is 3.42. The molecule has 0 amide bonds. The molecule has 1 aliphatic rings. The van der Waals surface area contributed by atoms with Gasteiger partial charge in [-0.15, -0.1) is 0 Å². The smallest absolute Gasteiger partial charge is 0.133 e. The molecule has 0 bridgehead atoms. The molecular formula is C15H10BrN3. The van der Waals surface area contributed by atoms with Crippen molar-refractivity contribution in [3.8, 4) is 6.07 Å². The molecule has 0 atom stereocenters. The molecule has 1 heterocycles. The summed E-state index contributed by atoms with van der Waals surface area (Å²) in [7, 11) is 0. The maximum Gasteiger partial charge on any atom is 0.133 e. The Morgan fingerprint density at radius 1 is 1.21 bits per heavy atom. The minimum absolute atomic E-state index is 0.453. The van der Waals surface area contributed by atoms with Crippen molar-refractivity contribution in [3.05, 3.63) is 63.6 Å². The molecule has 19 heavy (non-hydrogen) atoms. The van der Waals surface area contributed by atoms with E-state index in [1.165, 1.54) is 0 Å². The lowest BCUT2D eigenvalue weighted by Gasteiger charge is -2.19. The summed E-state index contributed by atoms with van der Waals surface area (Å²) in [5.74, 6) is 0.453. The quantitative estimate of drug-likeness (QED) is 0.873. The van der Waals surface area contributed by atoms with Crippen molar-refractivity contribution >= 4 is 27.5 Å². The molecule has 3 rings (SSSR count). The van der Waals surface area contributed by atoms with Gasteiger partial charge >= 0.3 is 0 Å². The molecule has 3 nitrogen and oxygen atoms in total. The van der Waals surface area contributed by atoms with E-state index >= 15 is 0 Å². The molecule has 2 aromatic carbocycles. The lowest BCUT2D eigenvalue weighted by molar-refractivity contribution is 1.04. The first-order chi connectivity index (χ1) is 9.20. The summed E-state index contributed by atoms with van der Waals surface area (Å²) in [6.45, 7) is 0.644. The van der Waals surface area contributed by atoms with Gasteiger partial charge in [-0.05, 0) is 23.8 Å². The van der Waals surface area contributed by atoms with Crippen molar-refractivity contribution in [1.82, 2.24) is 0 Å². The summed E-state index contributed by atoms with van der Waals surface area (Å²) in [5, 5.41) is 17.5. The second-order valence-electron chi connectivity index (χ2n) is 4.37. The Bertz CT molecular complexity index is 716. The van der Waals surface area contributed by atoms with Gasteiger partial charge in [-0.25, -0.2) is 0 Å². The number of halogens is 1. The van der Waals surface area contributed by atoms with Crippen LogP contribution in [0.4, 0.5) is 5.69 Å². The minimum Gasteiger partial charge on any atom is -0.321 e. The summed E-state index contributed by atoms with van der Waals surface area (Å²) in [4.78, 5) is 1.87. The van der Waals surface area contributed by atoms with Gasteiger partial charge in [-0.1, -0.05) is 40.2 Å². The number of fused-ring (bicyclic) bond motifs is 1. The largest absolute Gasteiger partial charge is 0.321 e. The SMILES string of the molecule is N#Cc1cc(Br)ccc1N1Cc2ccccc2C1=N. The predicted octanol–water partition coefficient (Wildman–Crippen LogP) is 3.67. The first-order valence-electron chi connectivity index (χ1n) is 5.84. The number of rotatable bonds is 1. The Kier molecular flexibility index (Phi) is 2.84. The number of amidine groups is 1. The fourth-order valence-electron chi connectivity index (χ4n) is 2.32. The van der Waals surface area contributed by atoms with Crippen LogP contribution in [0.25, 0.3) is 0 Å². The van der Waals surface area contributed by atoms with Crippen LogP contribution in [-0.4, -0.2) is 5.84 Å². The standard InChI is InChI=1S/C15H10BrN3/c16-12-5-6-14(11(7-12)8-17)19-9-10-3-1-2-4-13(10)15(19)18/h1-7,18H,9H2. The van der Waals surface area contributed by atoms with Gasteiger partial charge < -0.3 is 4.90 Å². The molecule has 2 aromatic rings. The summed E-state index contributed by atoms with van der Waals surface area (Å²) >= 11 is 3.37. The third-order valence-corrected chi connectivity index (χ3v) is 3.73. The van der Waals surface area contributed by atoms with Crippen LogP contribution in [0.5, 0.6) is 0 Å². The second kappa shape index (κ2) is 4.52. The van der Waals surface area contributed by atoms with E-state index in [-0.39, 0.29) is 0 Å². The van der Waals surface area contributed by atoms with Crippen LogP contribution in [0, 0.1) is 16.7 Å². The summed E-state index contributed by atoms with van der Waals surface area (Å²) in [6.07, 6.45) is 0. The molecule has 0 radical (unpaired) electrons. The molecule has 0 saturated heterocycles. The van der Waals surface area contributed by atoms with Gasteiger partial charge in [0.15, 0.2) is 0 Å². The molecule has 0 spiro atoms. The Balaban J connectivity index is 2.08. The van der Waals surface area contributed by atoms with Crippen LogP contribution < -0.4 is 4.90 Å². The predicted molar refractivity (Wildman–Crippen MR) is 78.3 cm³/mol. The van der Waals surface area contributed by atoms with Crippen LogP contribution in [0.1, 0.15) is 16.7 Å². The Morgan fingerprint density at radius 2 is 2.00 bits per heavy atom. The van der Waals surface area contributed by atoms with E-state index in [4.69, 9.17) is 5.41 Å². The summed E-state index contributed by atoms with van der Waals surface area (Å²) in [6, 6.07) is 15.6. The van der Waals surface area contributed by atoms with E-state index in [1.54, 1.807) is 6.07 Å². The molecule has 0 unspecified atom stereocenters. The van der Waals surface area contributed by atoms with Crippen LogP contribution in [-0.2, 0) is 6.54 Å². The third kappa shape index (κ3) is 1.92. The molecule has 0 aliphatic carbocycles. The maximum absolute atomic E-state index is 9.24. The van der Waals surface area contributed by atoms with E-state index in [9.17, 15) is 5.26 Å². The fraction of sp³-hybridized carbons (Fsp3) is 0.0667. The highest BCUT2D eigenvalue weighted by molar-refractivity contribution is 9.10. The number of anilines is 1. The highest BCUT2D eigenvalue weighted by Gasteiger charge is 2.26. The van der Waals surface area contributed by atoms with Crippen LogP contribution >= 0.6 is 15.9 Å². The number of nitrogens with one attached hydrogen (secondary N) is 1. The molecule has 4 heteroatoms. The zero-order valence-electron chi connectivity index (χ0n) is 10.0. The van der Waals surface area contributed by atoms with Gasteiger partial charge in [0.05, 0.1) is 17.8 Å². The van der Waals surface area contributed by atoms with Crippen LogP contribution in [0.2, 0.25) is 0 Å². The second-order valence-corrected chi connectivity index (χ2v) is 5.28. The van der Waals surface area contributed by atoms with Crippen LogP contribution in [0.15, 0.2) is 46.9 Å². The van der Waals surface area contributed by atoms with E-state index in [0.29, 0.717) is 17.9 Å². The van der Waals surface area contributed by atoms with Gasteiger partial charge in [-0.3, -0.25) is 5.41 Å². The normalized spacial score (nSPS) is 13.3. The lowest BCUT2D eigenvalue weighted by atomic mass is 10.1. The minimum atomic E-state index is 0.453. The number of hydrogen-bond donors (Lipinski definition) is 1. The van der Waals surface area contributed by atoms with Gasteiger partial charge in [-0.2, -0.15) is 5.26 Å². The highest BCUT2D eigenvalue weighted by atomic mass is 79.9. The lowest BCUT2D eigenvalue weighted by Crippen LogP contribution is -2.23. The monoisotopic (exact) mass is 311 g/mol. The Hall–Kier alpha value is -2.12. The zero-order valence-corrected chi connectivity index (χ0v) is 11.6. The summed E-state index contributed by atoms with van der Waals surface area (Å²) < 4.78 is 0.871. The van der Waals surface area contributed by atoms with E-state index < -0.39 is 0 Å². The van der Waals surface area contributed by atoms with E-state index in [2.05, 4.69) is 22.0 Å². The fourth-order valence-corrected chi connectivity index (χ4v) is 2.68. The van der Waals surface area contributed by atoms with Gasteiger partial charge in [0, 0.05) is 10.0 Å². The van der Waals surface area contributed by atoms with Crippen molar-refractivity contribution in [2.45, 2.75) is 6.54 Å². The Morgan fingerprint density at radius 3 is 2.74 bits per heavy atom. The van der Waals surface area contributed by atoms with E-state index in [1.807, 2.05) is 41.3 Å². The molecule has 0 aromatic heterocycles. The first kappa shape index (κ1) is 11.9. The topological polar surface area (TPSA) is 50.9 Å². The van der Waals surface area contributed by atoms with Gasteiger partial charge in [0.25, 0.3) is 0 Å². The molecule has 0 fully saturated rings. The molecule has 1 aliphatic heterocycles. The first-order valence-corrected chi connectivity index (χ1v) is 6.64. The number of hydrogen-bond acceptors (Lipinski definition) is 2. The van der Waals surface area contributed by atoms with Crippen molar-refractivity contribution in [2.75, 3.05) is 4.90 Å². The number of benzene rings is 2. The van der Waals surface area contributed by atoms with E-state index in [0.717, 1.165) is 21.3 Å². The van der Waals surface area contributed by atoms with Crippen molar-refractivity contribution in [3.63, 3.8) is 0 Å². The van der Waals surface area contributed by atoms with Crippen molar-refractivity contribution in [2.24, 2.45) is 0 Å². The van der Waals surface area contributed by atoms with Crippen molar-refractivity contribution < 1.29 is 0 Å². The number of nitrogens with zero attached hydrogens (tertiary/aromatic N) is 2. The highest BCUT2D eigenvalue weighted by Crippen LogP contribution is 2.31. The van der Waals surface area contributed by atoms with Gasteiger partial charge in [0.2, 0.25) is 0 Å². The Labute approximate surface area is 119 Å². The average Bonchev–Trinajstić information content (AvgIpc) is 2.76. The number of nitriles is 1. The maximum atomic E-state index is 9.24. The van der Waals surface area contributed by atoms with Crippen LogP contribution in [0.3, 0.4) is 0 Å². The molecule has 0 saturated carbocycles. The van der Waals surface area contributed by atoms with Gasteiger partial charge in [0.1, 0.15) is 11.9 Å².